The highest BCUT2D eigenvalue weighted by Gasteiger charge is 2.10. The van der Waals surface area contributed by atoms with Gasteiger partial charge in [-0.25, -0.2) is 5.84 Å². The van der Waals surface area contributed by atoms with E-state index >= 15 is 0 Å². The average Bonchev–Trinajstić information content (AvgIpc) is 2.42. The van der Waals surface area contributed by atoms with Gasteiger partial charge in [0.25, 0.3) is 0 Å². The summed E-state index contributed by atoms with van der Waals surface area (Å²) in [4.78, 5) is 14.3. The molecule has 0 radical (unpaired) electrons. The number of nitrogens with zero attached hydrogens (tertiary/aromatic N) is 4. The largest absolute Gasteiger partial charge is 0.396 e. The monoisotopic (exact) mass is 269 g/mol. The standard InChI is InChI=1S/C11H23N7O/c1-4-8(5-6-19)7-13-9-14-10(17-12)16-11(15-9)18(2)3/h8,19H,4-7,12H2,1-3H3,(H2,13,14,15,16,17). The summed E-state index contributed by atoms with van der Waals surface area (Å²) in [5.74, 6) is 7.04. The van der Waals surface area contributed by atoms with Crippen molar-refractivity contribution in [1.82, 2.24) is 15.0 Å². The van der Waals surface area contributed by atoms with Gasteiger partial charge in [0.15, 0.2) is 0 Å². The van der Waals surface area contributed by atoms with E-state index < -0.39 is 0 Å². The smallest absolute Gasteiger partial charge is 0.243 e. The molecule has 1 heterocycles. The van der Waals surface area contributed by atoms with Gasteiger partial charge in [0.1, 0.15) is 0 Å². The van der Waals surface area contributed by atoms with Gasteiger partial charge in [0.05, 0.1) is 0 Å². The molecule has 19 heavy (non-hydrogen) atoms. The third-order valence-electron chi connectivity index (χ3n) is 2.82. The molecule has 0 aliphatic carbocycles. The summed E-state index contributed by atoms with van der Waals surface area (Å²) in [5, 5.41) is 12.1. The zero-order valence-electron chi connectivity index (χ0n) is 11.7. The highest BCUT2D eigenvalue weighted by Crippen LogP contribution is 2.13. The summed E-state index contributed by atoms with van der Waals surface area (Å²) >= 11 is 0. The maximum atomic E-state index is 8.96. The van der Waals surface area contributed by atoms with Crippen LogP contribution in [0.2, 0.25) is 0 Å². The zero-order valence-corrected chi connectivity index (χ0v) is 11.7. The van der Waals surface area contributed by atoms with Crippen LogP contribution in [0.15, 0.2) is 0 Å². The number of nitrogens with two attached hydrogens (primary N) is 1. The van der Waals surface area contributed by atoms with Crippen LogP contribution in [0, 0.1) is 5.92 Å². The number of hydrogen-bond donors (Lipinski definition) is 4. The van der Waals surface area contributed by atoms with Crippen molar-refractivity contribution in [2.45, 2.75) is 19.8 Å². The number of hydrazine groups is 1. The Kier molecular flexibility index (Phi) is 6.23. The molecule has 0 amide bonds. The van der Waals surface area contributed by atoms with Crippen LogP contribution in [0.25, 0.3) is 0 Å². The summed E-state index contributed by atoms with van der Waals surface area (Å²) in [6.07, 6.45) is 1.75. The molecule has 1 rings (SSSR count). The minimum atomic E-state index is 0.190. The second-order valence-corrected chi connectivity index (χ2v) is 4.49. The lowest BCUT2D eigenvalue weighted by atomic mass is 10.0. The summed E-state index contributed by atoms with van der Waals surface area (Å²) in [5.41, 5.74) is 2.42. The normalized spacial score (nSPS) is 12.1. The Morgan fingerprint density at radius 3 is 2.47 bits per heavy atom. The molecule has 5 N–H and O–H groups in total. The number of hydrogen-bond acceptors (Lipinski definition) is 8. The number of rotatable bonds is 8. The van der Waals surface area contributed by atoms with Crippen LogP contribution in [0.4, 0.5) is 17.8 Å². The highest BCUT2D eigenvalue weighted by molar-refractivity contribution is 5.42. The number of aromatic nitrogens is 3. The fraction of sp³-hybridized carbons (Fsp3) is 0.727. The second-order valence-electron chi connectivity index (χ2n) is 4.49. The SMILES string of the molecule is CCC(CCO)CNc1nc(NN)nc(N(C)C)n1. The third kappa shape index (κ3) is 4.84. The van der Waals surface area contributed by atoms with Gasteiger partial charge >= 0.3 is 0 Å². The lowest BCUT2D eigenvalue weighted by Crippen LogP contribution is -2.21. The van der Waals surface area contributed by atoms with Crippen molar-refractivity contribution in [3.05, 3.63) is 0 Å². The van der Waals surface area contributed by atoms with E-state index in [2.05, 4.69) is 32.6 Å². The number of anilines is 3. The predicted octanol–water partition coefficient (Wildman–Crippen LogP) is 0.0437. The third-order valence-corrected chi connectivity index (χ3v) is 2.82. The van der Waals surface area contributed by atoms with Gasteiger partial charge in [0.2, 0.25) is 17.8 Å². The molecule has 0 spiro atoms. The van der Waals surface area contributed by atoms with Crippen molar-refractivity contribution < 1.29 is 5.11 Å². The van der Waals surface area contributed by atoms with Crippen molar-refractivity contribution in [3.63, 3.8) is 0 Å². The van der Waals surface area contributed by atoms with E-state index in [1.54, 1.807) is 4.90 Å². The van der Waals surface area contributed by atoms with Crippen LogP contribution in [0.5, 0.6) is 0 Å². The average molecular weight is 269 g/mol. The molecule has 0 bridgehead atoms. The van der Waals surface area contributed by atoms with Gasteiger partial charge < -0.3 is 15.3 Å². The topological polar surface area (TPSA) is 112 Å². The van der Waals surface area contributed by atoms with Crippen molar-refractivity contribution in [1.29, 1.82) is 0 Å². The maximum Gasteiger partial charge on any atom is 0.243 e. The van der Waals surface area contributed by atoms with Crippen LogP contribution >= 0.6 is 0 Å². The summed E-state index contributed by atoms with van der Waals surface area (Å²) in [6.45, 7) is 2.99. The fourth-order valence-corrected chi connectivity index (χ4v) is 1.58. The molecule has 0 fully saturated rings. The predicted molar refractivity (Wildman–Crippen MR) is 75.9 cm³/mol. The molecule has 1 unspecified atom stereocenters. The van der Waals surface area contributed by atoms with Crippen LogP contribution < -0.4 is 21.5 Å². The molecule has 1 atom stereocenters. The first-order chi connectivity index (χ1) is 9.10. The highest BCUT2D eigenvalue weighted by atomic mass is 16.3. The first kappa shape index (κ1) is 15.4. The van der Waals surface area contributed by atoms with Crippen LogP contribution in [0.3, 0.4) is 0 Å². The van der Waals surface area contributed by atoms with E-state index in [9.17, 15) is 0 Å². The van der Waals surface area contributed by atoms with Crippen molar-refractivity contribution in [2.24, 2.45) is 11.8 Å². The molecule has 0 aliphatic heterocycles. The van der Waals surface area contributed by atoms with E-state index in [4.69, 9.17) is 10.9 Å². The van der Waals surface area contributed by atoms with Crippen molar-refractivity contribution in [2.75, 3.05) is 42.9 Å². The first-order valence-corrected chi connectivity index (χ1v) is 6.35. The minimum absolute atomic E-state index is 0.190. The van der Waals surface area contributed by atoms with Gasteiger partial charge in [-0.15, -0.1) is 0 Å². The van der Waals surface area contributed by atoms with Gasteiger partial charge in [-0.05, 0) is 12.3 Å². The Balaban J connectivity index is 2.73. The number of aliphatic hydroxyl groups is 1. The lowest BCUT2D eigenvalue weighted by Gasteiger charge is -2.16. The quantitative estimate of drug-likeness (QED) is 0.387. The van der Waals surface area contributed by atoms with E-state index in [0.717, 1.165) is 12.8 Å². The molecular weight excluding hydrogens is 246 g/mol. The zero-order chi connectivity index (χ0) is 14.3. The Bertz CT molecular complexity index is 385. The lowest BCUT2D eigenvalue weighted by molar-refractivity contribution is 0.258. The molecular formula is C11H23N7O. The van der Waals surface area contributed by atoms with E-state index in [1.807, 2.05) is 14.1 Å². The Morgan fingerprint density at radius 2 is 1.95 bits per heavy atom. The molecule has 1 aromatic heterocycles. The molecule has 0 aromatic carbocycles. The first-order valence-electron chi connectivity index (χ1n) is 6.35. The second kappa shape index (κ2) is 7.70. The number of nitrogens with one attached hydrogen (secondary N) is 2. The molecule has 0 saturated carbocycles. The molecule has 8 heteroatoms. The molecule has 1 aromatic rings. The van der Waals surface area contributed by atoms with Gasteiger partial charge in [0, 0.05) is 27.2 Å². The minimum Gasteiger partial charge on any atom is -0.396 e. The summed E-state index contributed by atoms with van der Waals surface area (Å²) in [7, 11) is 3.69. The van der Waals surface area contributed by atoms with Crippen LogP contribution in [0.1, 0.15) is 19.8 Å². The fourth-order valence-electron chi connectivity index (χ4n) is 1.58. The summed E-state index contributed by atoms with van der Waals surface area (Å²) < 4.78 is 0. The molecule has 8 nitrogen and oxygen atoms in total. The van der Waals surface area contributed by atoms with Crippen molar-refractivity contribution >= 4 is 17.8 Å². The van der Waals surface area contributed by atoms with Gasteiger partial charge in [-0.2, -0.15) is 15.0 Å². The van der Waals surface area contributed by atoms with Gasteiger partial charge in [-0.1, -0.05) is 13.3 Å². The van der Waals surface area contributed by atoms with E-state index in [-0.39, 0.29) is 6.61 Å². The number of nitrogen functional groups attached to an aromatic ring is 1. The van der Waals surface area contributed by atoms with Gasteiger partial charge in [-0.3, -0.25) is 5.43 Å². The van der Waals surface area contributed by atoms with E-state index in [0.29, 0.717) is 30.3 Å². The summed E-state index contributed by atoms with van der Waals surface area (Å²) in [6, 6.07) is 0. The van der Waals surface area contributed by atoms with Crippen LogP contribution in [-0.4, -0.2) is 47.3 Å². The number of aliphatic hydroxyl groups excluding tert-OH is 1. The van der Waals surface area contributed by atoms with Crippen LogP contribution in [-0.2, 0) is 0 Å². The van der Waals surface area contributed by atoms with Crippen molar-refractivity contribution in [3.8, 4) is 0 Å². The van der Waals surface area contributed by atoms with E-state index in [1.165, 1.54) is 0 Å². The molecule has 108 valence electrons. The maximum absolute atomic E-state index is 8.96. The molecule has 0 saturated heterocycles. The Labute approximate surface area is 113 Å². The Morgan fingerprint density at radius 1 is 1.26 bits per heavy atom. The Hall–Kier alpha value is -1.67. The molecule has 0 aliphatic rings.